The third-order valence-electron chi connectivity index (χ3n) is 6.11. The molecule has 1 N–H and O–H groups in total. The normalized spacial score (nSPS) is 17.8. The van der Waals surface area contributed by atoms with E-state index in [1.165, 1.54) is 0 Å². The Balaban J connectivity index is 1.29. The highest BCUT2D eigenvalue weighted by atomic mass is 16.5. The average Bonchev–Trinajstić information content (AvgIpc) is 3.52. The number of benzene rings is 2. The number of nitrogens with zero attached hydrogens (tertiary/aromatic N) is 2. The smallest absolute Gasteiger partial charge is 0.260 e. The van der Waals surface area contributed by atoms with Crippen LogP contribution in [0.25, 0.3) is 0 Å². The van der Waals surface area contributed by atoms with Crippen LogP contribution in [0.4, 0.5) is 5.69 Å². The van der Waals surface area contributed by atoms with Crippen LogP contribution in [0.15, 0.2) is 48.5 Å². The number of rotatable bonds is 8. The molecule has 0 bridgehead atoms. The molecule has 2 aromatic carbocycles. The van der Waals surface area contributed by atoms with Gasteiger partial charge in [-0.05, 0) is 43.2 Å². The van der Waals surface area contributed by atoms with Crippen LogP contribution in [0, 0.1) is 5.92 Å². The van der Waals surface area contributed by atoms with Crippen molar-refractivity contribution in [1.29, 1.82) is 0 Å². The van der Waals surface area contributed by atoms with E-state index in [-0.39, 0.29) is 30.7 Å². The molecule has 3 amide bonds. The van der Waals surface area contributed by atoms with Crippen molar-refractivity contribution >= 4 is 23.4 Å². The molecule has 1 atom stereocenters. The number of carbonyl (C=O) groups is 3. The lowest BCUT2D eigenvalue weighted by atomic mass is 10.1. The summed E-state index contributed by atoms with van der Waals surface area (Å²) in [5, 5.41) is 2.91. The van der Waals surface area contributed by atoms with Crippen molar-refractivity contribution in [2.24, 2.45) is 5.92 Å². The van der Waals surface area contributed by atoms with Crippen LogP contribution in [0.1, 0.15) is 24.8 Å². The van der Waals surface area contributed by atoms with Crippen LogP contribution in [-0.2, 0) is 20.9 Å². The van der Waals surface area contributed by atoms with Gasteiger partial charge in [0.1, 0.15) is 11.5 Å². The summed E-state index contributed by atoms with van der Waals surface area (Å²) >= 11 is 0. The number of nitrogens with one attached hydrogen (secondary N) is 1. The number of anilines is 1. The fourth-order valence-corrected chi connectivity index (χ4v) is 4.23. The second-order valence-corrected chi connectivity index (χ2v) is 8.31. The van der Waals surface area contributed by atoms with E-state index >= 15 is 0 Å². The molecule has 0 spiro atoms. The molecular weight excluding hydrogens is 422 g/mol. The van der Waals surface area contributed by atoms with Gasteiger partial charge in [0, 0.05) is 43.9 Å². The monoisotopic (exact) mass is 451 g/mol. The number of hydrogen-bond acceptors (Lipinski definition) is 5. The van der Waals surface area contributed by atoms with Crippen molar-refractivity contribution in [2.45, 2.75) is 25.8 Å². The highest BCUT2D eigenvalue weighted by Gasteiger charge is 2.35. The number of carbonyl (C=O) groups excluding carboxylic acids is 3. The lowest BCUT2D eigenvalue weighted by Gasteiger charge is -2.18. The molecule has 2 aromatic rings. The van der Waals surface area contributed by atoms with E-state index in [2.05, 4.69) is 5.32 Å². The van der Waals surface area contributed by atoms with Gasteiger partial charge in [-0.3, -0.25) is 14.4 Å². The summed E-state index contributed by atoms with van der Waals surface area (Å²) in [7, 11) is 1.59. The highest BCUT2D eigenvalue weighted by molar-refractivity contribution is 6.00. The van der Waals surface area contributed by atoms with Crippen molar-refractivity contribution in [1.82, 2.24) is 10.2 Å². The van der Waals surface area contributed by atoms with Crippen LogP contribution in [0.5, 0.6) is 11.5 Å². The summed E-state index contributed by atoms with van der Waals surface area (Å²) in [6, 6.07) is 14.6. The van der Waals surface area contributed by atoms with Gasteiger partial charge >= 0.3 is 0 Å². The first-order valence-electron chi connectivity index (χ1n) is 11.3. The Morgan fingerprint density at radius 1 is 1.06 bits per heavy atom. The zero-order valence-corrected chi connectivity index (χ0v) is 18.8. The zero-order valence-electron chi connectivity index (χ0n) is 18.8. The van der Waals surface area contributed by atoms with Crippen molar-refractivity contribution in [3.8, 4) is 11.5 Å². The first kappa shape index (κ1) is 22.6. The molecule has 0 radical (unpaired) electrons. The van der Waals surface area contributed by atoms with Gasteiger partial charge in [-0.2, -0.15) is 0 Å². The van der Waals surface area contributed by atoms with E-state index < -0.39 is 5.92 Å². The zero-order chi connectivity index (χ0) is 23.2. The summed E-state index contributed by atoms with van der Waals surface area (Å²) in [5.41, 5.74) is 1.59. The number of ether oxygens (including phenoxy) is 2. The number of hydrogen-bond donors (Lipinski definition) is 1. The predicted octanol–water partition coefficient (Wildman–Crippen LogP) is 2.37. The van der Waals surface area contributed by atoms with E-state index in [9.17, 15) is 14.4 Å². The Bertz CT molecular complexity index is 1000. The molecule has 0 saturated carbocycles. The molecule has 2 aliphatic rings. The molecule has 2 fully saturated rings. The number of amides is 3. The van der Waals surface area contributed by atoms with Crippen molar-refractivity contribution in [2.75, 3.05) is 38.3 Å². The van der Waals surface area contributed by atoms with E-state index in [1.807, 2.05) is 29.2 Å². The van der Waals surface area contributed by atoms with Crippen LogP contribution in [-0.4, -0.2) is 56.0 Å². The van der Waals surface area contributed by atoms with Crippen LogP contribution in [0.2, 0.25) is 0 Å². The predicted molar refractivity (Wildman–Crippen MR) is 123 cm³/mol. The standard InChI is InChI=1S/C25H29N3O5/c1-32-22-7-3-2-6-18(22)15-26-25(31)19-14-23(29)28(16-19)20-8-10-21(11-9-20)33-17-24(30)27-12-4-5-13-27/h2-3,6-11,19H,4-5,12-17H2,1H3,(H,26,31)/t19-/m0/s1. The van der Waals surface area contributed by atoms with Crippen molar-refractivity contribution in [3.63, 3.8) is 0 Å². The molecule has 2 aliphatic heterocycles. The van der Waals surface area contributed by atoms with Gasteiger partial charge < -0.3 is 24.6 Å². The minimum absolute atomic E-state index is 0.00623. The average molecular weight is 452 g/mol. The maximum absolute atomic E-state index is 12.7. The van der Waals surface area contributed by atoms with E-state index in [1.54, 1.807) is 36.3 Å². The van der Waals surface area contributed by atoms with Gasteiger partial charge in [-0.25, -0.2) is 0 Å². The topological polar surface area (TPSA) is 88.2 Å². The number of methoxy groups -OCH3 is 1. The lowest BCUT2D eigenvalue weighted by Crippen LogP contribution is -2.32. The maximum atomic E-state index is 12.7. The summed E-state index contributed by atoms with van der Waals surface area (Å²) in [5.74, 6) is 0.618. The van der Waals surface area contributed by atoms with Gasteiger partial charge in [0.2, 0.25) is 11.8 Å². The van der Waals surface area contributed by atoms with Crippen LogP contribution in [0.3, 0.4) is 0 Å². The van der Waals surface area contributed by atoms with E-state index in [0.29, 0.717) is 30.3 Å². The summed E-state index contributed by atoms with van der Waals surface area (Å²) in [4.78, 5) is 40.8. The second kappa shape index (κ2) is 10.4. The van der Waals surface area contributed by atoms with Crippen LogP contribution < -0.4 is 19.7 Å². The molecular formula is C25H29N3O5. The quantitative estimate of drug-likeness (QED) is 0.666. The maximum Gasteiger partial charge on any atom is 0.260 e. The molecule has 8 nitrogen and oxygen atoms in total. The fourth-order valence-electron chi connectivity index (χ4n) is 4.23. The minimum Gasteiger partial charge on any atom is -0.496 e. The highest BCUT2D eigenvalue weighted by Crippen LogP contribution is 2.27. The Kier molecular flexibility index (Phi) is 7.12. The Morgan fingerprint density at radius 3 is 2.52 bits per heavy atom. The molecule has 0 aliphatic carbocycles. The van der Waals surface area contributed by atoms with Crippen LogP contribution >= 0.6 is 0 Å². The fraction of sp³-hybridized carbons (Fsp3) is 0.400. The minimum atomic E-state index is -0.416. The molecule has 174 valence electrons. The Hall–Kier alpha value is -3.55. The second-order valence-electron chi connectivity index (χ2n) is 8.31. The van der Waals surface area contributed by atoms with Gasteiger partial charge in [-0.1, -0.05) is 18.2 Å². The van der Waals surface area contributed by atoms with Gasteiger partial charge in [0.25, 0.3) is 5.91 Å². The molecule has 2 saturated heterocycles. The summed E-state index contributed by atoms with van der Waals surface area (Å²) in [6.45, 7) is 2.27. The van der Waals surface area contributed by atoms with Gasteiger partial charge in [0.05, 0.1) is 13.0 Å². The molecule has 2 heterocycles. The number of para-hydroxylation sites is 1. The Morgan fingerprint density at radius 2 is 1.79 bits per heavy atom. The number of likely N-dealkylation sites (tertiary alicyclic amines) is 1. The molecule has 4 rings (SSSR count). The SMILES string of the molecule is COc1ccccc1CNC(=O)[C@H]1CC(=O)N(c2ccc(OCC(=O)N3CCCC3)cc2)C1. The van der Waals surface area contributed by atoms with Crippen molar-refractivity contribution in [3.05, 3.63) is 54.1 Å². The molecule has 0 unspecified atom stereocenters. The first-order valence-corrected chi connectivity index (χ1v) is 11.3. The first-order chi connectivity index (χ1) is 16.0. The van der Waals surface area contributed by atoms with E-state index in [4.69, 9.17) is 9.47 Å². The van der Waals surface area contributed by atoms with Gasteiger partial charge in [0.15, 0.2) is 6.61 Å². The lowest BCUT2D eigenvalue weighted by molar-refractivity contribution is -0.132. The molecule has 33 heavy (non-hydrogen) atoms. The Labute approximate surface area is 193 Å². The van der Waals surface area contributed by atoms with Gasteiger partial charge in [-0.15, -0.1) is 0 Å². The largest absolute Gasteiger partial charge is 0.496 e. The summed E-state index contributed by atoms with van der Waals surface area (Å²) in [6.07, 6.45) is 2.26. The summed E-state index contributed by atoms with van der Waals surface area (Å²) < 4.78 is 10.9. The van der Waals surface area contributed by atoms with Crippen molar-refractivity contribution < 1.29 is 23.9 Å². The molecule has 8 heteroatoms. The van der Waals surface area contributed by atoms with E-state index in [0.717, 1.165) is 31.5 Å². The third-order valence-corrected chi connectivity index (χ3v) is 6.11. The molecule has 0 aromatic heterocycles. The third kappa shape index (κ3) is 5.45.